The number of cyclic esters (lactones) is 1. The standard InChI is InChI=1S/C50H73N3O10/c1-10-32-14-12-16-42(63-44-18-17-41(53(5)6)28(3)59-44)27(2)46(55)38-24-36-35-23-33(62-50-49(58-9)48(57-8)47(56-7)29(4)60-50)21-31(35)22-40(45(36)37(38)25-43(54)61-32)52-39-15-11-13-30-26-51-20-19-34(30)39/h11,13,15,19-20,24,26-29,31-33,35-37,40-42,44-45,47-50,52H,10,12,14,16-18,21-23,25H2,1-9H3/t27-,28?,29?,31+,32+,33-,35-,36+,37-,40+,41+,42+,44+,45-,47+,48?,49?,50+/m1/s1. The van der Waals surface area contributed by atoms with Crippen molar-refractivity contribution in [2.75, 3.05) is 40.7 Å². The fraction of sp³-hybridized carbons (Fsp3) is 0.740. The lowest BCUT2D eigenvalue weighted by Gasteiger charge is -2.45. The maximum absolute atomic E-state index is 15.3. The van der Waals surface area contributed by atoms with Crippen LogP contribution in [0.25, 0.3) is 10.8 Å². The van der Waals surface area contributed by atoms with E-state index in [9.17, 15) is 4.79 Å². The molecule has 0 bridgehead atoms. The molecule has 18 atom stereocenters. The van der Waals surface area contributed by atoms with Gasteiger partial charge in [-0.3, -0.25) is 14.6 Å². The molecule has 348 valence electrons. The van der Waals surface area contributed by atoms with E-state index in [2.05, 4.69) is 73.5 Å². The minimum Gasteiger partial charge on any atom is -0.462 e. The topological polar surface area (TPSA) is 136 Å². The van der Waals surface area contributed by atoms with Crippen LogP contribution >= 0.6 is 0 Å². The molecule has 4 unspecified atom stereocenters. The van der Waals surface area contributed by atoms with Crippen LogP contribution in [0.5, 0.6) is 0 Å². The fourth-order valence-corrected chi connectivity index (χ4v) is 12.6. The van der Waals surface area contributed by atoms with E-state index < -0.39 is 18.3 Å². The van der Waals surface area contributed by atoms with Gasteiger partial charge in [0.15, 0.2) is 18.4 Å². The Labute approximate surface area is 374 Å². The Kier molecular flexibility index (Phi) is 14.9. The Morgan fingerprint density at radius 1 is 0.873 bits per heavy atom. The van der Waals surface area contributed by atoms with Gasteiger partial charge in [-0.15, -0.1) is 0 Å². The van der Waals surface area contributed by atoms with E-state index in [1.807, 2.05) is 26.2 Å². The number of ether oxygens (including phenoxy) is 8. The first-order valence-electron chi connectivity index (χ1n) is 23.8. The first-order chi connectivity index (χ1) is 30.4. The van der Waals surface area contributed by atoms with Crippen LogP contribution in [0.4, 0.5) is 5.69 Å². The van der Waals surface area contributed by atoms with Crippen LogP contribution in [-0.4, -0.2) is 131 Å². The van der Waals surface area contributed by atoms with Gasteiger partial charge in [0.25, 0.3) is 0 Å². The van der Waals surface area contributed by atoms with Crippen LogP contribution in [0, 0.1) is 35.5 Å². The molecule has 3 saturated heterocycles. The summed E-state index contributed by atoms with van der Waals surface area (Å²) < 4.78 is 50.7. The summed E-state index contributed by atoms with van der Waals surface area (Å²) in [5, 5.41) is 6.16. The van der Waals surface area contributed by atoms with E-state index in [1.54, 1.807) is 21.3 Å². The molecule has 63 heavy (non-hydrogen) atoms. The third kappa shape index (κ3) is 9.64. The second-order valence-corrected chi connectivity index (χ2v) is 19.6. The molecule has 1 aromatic heterocycles. The number of pyridine rings is 1. The average Bonchev–Trinajstić information content (AvgIpc) is 3.85. The van der Waals surface area contributed by atoms with Gasteiger partial charge in [-0.05, 0) is 127 Å². The van der Waals surface area contributed by atoms with Crippen molar-refractivity contribution >= 4 is 28.2 Å². The number of anilines is 1. The van der Waals surface area contributed by atoms with Gasteiger partial charge < -0.3 is 48.1 Å². The van der Waals surface area contributed by atoms with Crippen molar-refractivity contribution < 1.29 is 47.5 Å². The average molecular weight is 876 g/mol. The first kappa shape index (κ1) is 46.5. The maximum Gasteiger partial charge on any atom is 0.306 e. The Balaban J connectivity index is 1.12. The first-order valence-corrected chi connectivity index (χ1v) is 23.8. The van der Waals surface area contributed by atoms with Gasteiger partial charge >= 0.3 is 5.97 Å². The summed E-state index contributed by atoms with van der Waals surface area (Å²) in [6.07, 6.45) is 10.3. The number of fused-ring (bicyclic) bond motifs is 6. The molecule has 13 nitrogen and oxygen atoms in total. The predicted octanol–water partition coefficient (Wildman–Crippen LogP) is 7.35. The van der Waals surface area contributed by atoms with Crippen molar-refractivity contribution in [3.63, 3.8) is 0 Å². The van der Waals surface area contributed by atoms with E-state index in [-0.39, 0.29) is 96.9 Å². The van der Waals surface area contributed by atoms with Gasteiger partial charge in [0.2, 0.25) is 0 Å². The number of ketones is 1. The molecular weight excluding hydrogens is 803 g/mol. The minimum absolute atomic E-state index is 0.0108. The number of aromatic nitrogens is 1. The highest BCUT2D eigenvalue weighted by molar-refractivity contribution is 5.99. The van der Waals surface area contributed by atoms with Gasteiger partial charge in [-0.1, -0.05) is 32.1 Å². The van der Waals surface area contributed by atoms with Crippen molar-refractivity contribution in [3.8, 4) is 0 Å². The van der Waals surface area contributed by atoms with Gasteiger partial charge in [0, 0.05) is 74.1 Å². The van der Waals surface area contributed by atoms with E-state index in [0.717, 1.165) is 73.4 Å². The Morgan fingerprint density at radius 2 is 1.67 bits per heavy atom. The molecule has 1 aromatic carbocycles. The van der Waals surface area contributed by atoms with E-state index in [1.165, 1.54) is 0 Å². The lowest BCUT2D eigenvalue weighted by Crippen LogP contribution is -2.59. The summed E-state index contributed by atoms with van der Waals surface area (Å²) in [5.74, 6) is -0.389. The lowest BCUT2D eigenvalue weighted by atomic mass is 9.63. The summed E-state index contributed by atoms with van der Waals surface area (Å²) >= 11 is 0. The number of likely N-dealkylation sites (N-methyl/N-ethyl adjacent to an activating group) is 1. The number of carbonyl (C=O) groups excluding carboxylic acids is 2. The highest BCUT2D eigenvalue weighted by Crippen LogP contribution is 2.57. The zero-order chi connectivity index (χ0) is 44.5. The van der Waals surface area contributed by atoms with Crippen molar-refractivity contribution in [3.05, 3.63) is 48.3 Å². The van der Waals surface area contributed by atoms with Crippen LogP contribution in [0.3, 0.4) is 0 Å². The summed E-state index contributed by atoms with van der Waals surface area (Å²) in [6.45, 7) is 8.21. The Hall–Kier alpha value is -3.01. The number of allylic oxidation sites excluding steroid dienone is 2. The molecular formula is C50H73N3O10. The molecule has 13 heteroatoms. The fourth-order valence-electron chi connectivity index (χ4n) is 12.6. The third-order valence-electron chi connectivity index (χ3n) is 15.8. The van der Waals surface area contributed by atoms with Crippen LogP contribution in [0.15, 0.2) is 48.3 Å². The SMILES string of the molecule is CC[C@H]1CCC[C@H](O[C@H]2CC[C@H](N(C)C)C(C)O2)[C@@H](C)C(=O)C2=C[C@H]3[C@@H]4C[C@H](O[C@@H]5OC(C)[C@H](OC)C(OC)C5OC)C[C@H]4C[C@H](Nc4cccc5cnccc45)[C@H]3[C@@H]2CC(=O)O1. The molecule has 0 spiro atoms. The molecule has 1 N–H and O–H groups in total. The summed E-state index contributed by atoms with van der Waals surface area (Å²) in [6, 6.07) is 8.60. The molecule has 2 saturated carbocycles. The molecule has 0 amide bonds. The molecule has 5 fully saturated rings. The highest BCUT2D eigenvalue weighted by Gasteiger charge is 2.57. The number of nitrogens with one attached hydrogen (secondary N) is 1. The van der Waals surface area contributed by atoms with Crippen molar-refractivity contribution in [2.45, 2.75) is 165 Å². The van der Waals surface area contributed by atoms with Crippen LogP contribution < -0.4 is 5.32 Å². The Morgan fingerprint density at radius 3 is 2.40 bits per heavy atom. The second kappa shape index (κ2) is 20.2. The molecule has 3 aliphatic heterocycles. The minimum atomic E-state index is -0.636. The van der Waals surface area contributed by atoms with E-state index >= 15 is 4.79 Å². The number of methoxy groups -OCH3 is 3. The predicted molar refractivity (Wildman–Crippen MR) is 239 cm³/mol. The monoisotopic (exact) mass is 876 g/mol. The van der Waals surface area contributed by atoms with Crippen molar-refractivity contribution in [1.82, 2.24) is 9.88 Å². The number of hydrogen-bond donors (Lipinski definition) is 1. The number of esters is 1. The number of hydrogen-bond acceptors (Lipinski definition) is 13. The summed E-state index contributed by atoms with van der Waals surface area (Å²) in [7, 11) is 9.19. The lowest BCUT2D eigenvalue weighted by molar-refractivity contribution is -0.314. The second-order valence-electron chi connectivity index (χ2n) is 19.6. The van der Waals surface area contributed by atoms with Crippen LogP contribution in [-0.2, 0) is 47.5 Å². The number of nitrogens with zero attached hydrogens (tertiary/aromatic N) is 2. The summed E-state index contributed by atoms with van der Waals surface area (Å²) in [4.78, 5) is 36.0. The van der Waals surface area contributed by atoms with E-state index in [4.69, 9.17) is 37.9 Å². The van der Waals surface area contributed by atoms with Gasteiger partial charge in [0.05, 0.1) is 30.8 Å². The molecule has 3 aliphatic carbocycles. The molecule has 0 radical (unpaired) electrons. The summed E-state index contributed by atoms with van der Waals surface area (Å²) in [5.41, 5.74) is 1.77. The molecule has 8 rings (SSSR count). The Bertz CT molecular complexity index is 1910. The number of carbonyl (C=O) groups is 2. The third-order valence-corrected chi connectivity index (χ3v) is 15.8. The maximum atomic E-state index is 15.3. The smallest absolute Gasteiger partial charge is 0.306 e. The number of rotatable bonds is 11. The van der Waals surface area contributed by atoms with Crippen LogP contribution in [0.2, 0.25) is 0 Å². The van der Waals surface area contributed by atoms with E-state index in [0.29, 0.717) is 18.4 Å². The normalized spacial score (nSPS) is 41.2. The highest BCUT2D eigenvalue weighted by atomic mass is 16.7. The number of Topliss-reactive ketones (excluding diaryl/α,β-unsaturated/α-hetero) is 1. The van der Waals surface area contributed by atoms with Gasteiger partial charge in [0.1, 0.15) is 24.4 Å². The largest absolute Gasteiger partial charge is 0.462 e. The molecule has 4 heterocycles. The molecule has 6 aliphatic rings. The van der Waals surface area contributed by atoms with Gasteiger partial charge in [-0.2, -0.15) is 0 Å². The van der Waals surface area contributed by atoms with Crippen molar-refractivity contribution in [1.29, 1.82) is 0 Å². The van der Waals surface area contributed by atoms with Crippen molar-refractivity contribution in [2.24, 2.45) is 35.5 Å². The zero-order valence-corrected chi connectivity index (χ0v) is 39.0. The quantitative estimate of drug-likeness (QED) is 0.226. The number of benzene rings is 1. The van der Waals surface area contributed by atoms with Crippen LogP contribution in [0.1, 0.15) is 91.9 Å². The van der Waals surface area contributed by atoms with Gasteiger partial charge in [-0.25, -0.2) is 0 Å². The zero-order valence-electron chi connectivity index (χ0n) is 39.0. The molecule has 2 aromatic rings.